The third kappa shape index (κ3) is 4.23. The number of carbonyl (C=O) groups excluding carboxylic acids is 1. The third-order valence-electron chi connectivity index (χ3n) is 4.21. The largest absolute Gasteiger partial charge is 0.448 e. The van der Waals surface area contributed by atoms with Crippen molar-refractivity contribution in [1.82, 2.24) is 9.62 Å². The van der Waals surface area contributed by atoms with Crippen molar-refractivity contribution in [3.8, 4) is 0 Å². The van der Waals surface area contributed by atoms with Crippen LogP contribution >= 0.6 is 23.2 Å². The van der Waals surface area contributed by atoms with Crippen molar-refractivity contribution < 1.29 is 17.6 Å². The lowest BCUT2D eigenvalue weighted by molar-refractivity contribution is -0.124. The van der Waals surface area contributed by atoms with E-state index in [0.29, 0.717) is 23.7 Å². The molecule has 140 valence electrons. The van der Waals surface area contributed by atoms with Crippen LogP contribution in [0.5, 0.6) is 0 Å². The summed E-state index contributed by atoms with van der Waals surface area (Å²) in [6, 6.07) is 8.18. The Morgan fingerprint density at radius 3 is 2.50 bits per heavy atom. The Labute approximate surface area is 162 Å². The summed E-state index contributed by atoms with van der Waals surface area (Å²) in [5.41, 5.74) is 0. The van der Waals surface area contributed by atoms with Crippen LogP contribution in [-0.2, 0) is 21.4 Å². The standard InChI is InChI=1S/C17H18Cl2N2O4S/c18-12-4-7-14(8-5-12)26(23,24)21(11-13-6-9-16(19)25-13)15-3-1-2-10-20-17(15)22/h4-9,15H,1-3,10-11H2,(H,20,22)/t15-/m1/s1. The zero-order chi connectivity index (χ0) is 18.7. The quantitative estimate of drug-likeness (QED) is 0.808. The molecular weight excluding hydrogens is 399 g/mol. The first-order valence-electron chi connectivity index (χ1n) is 8.17. The van der Waals surface area contributed by atoms with Gasteiger partial charge in [0.25, 0.3) is 0 Å². The second-order valence-corrected chi connectivity index (χ2v) is 8.71. The van der Waals surface area contributed by atoms with E-state index in [1.165, 1.54) is 34.6 Å². The molecule has 1 saturated heterocycles. The highest BCUT2D eigenvalue weighted by atomic mass is 35.5. The van der Waals surface area contributed by atoms with Gasteiger partial charge in [-0.05, 0) is 67.3 Å². The van der Waals surface area contributed by atoms with E-state index in [1.807, 2.05) is 0 Å². The van der Waals surface area contributed by atoms with Crippen molar-refractivity contribution in [1.29, 1.82) is 0 Å². The summed E-state index contributed by atoms with van der Waals surface area (Å²) in [6.07, 6.45) is 1.99. The summed E-state index contributed by atoms with van der Waals surface area (Å²) in [4.78, 5) is 12.6. The van der Waals surface area contributed by atoms with Crippen LogP contribution in [0, 0.1) is 0 Å². The molecule has 0 aliphatic carbocycles. The van der Waals surface area contributed by atoms with Crippen molar-refractivity contribution >= 4 is 39.1 Å². The minimum atomic E-state index is -3.94. The Balaban J connectivity index is 2.00. The number of carbonyl (C=O) groups is 1. The van der Waals surface area contributed by atoms with E-state index in [2.05, 4.69) is 5.32 Å². The van der Waals surface area contributed by atoms with E-state index >= 15 is 0 Å². The van der Waals surface area contributed by atoms with Crippen LogP contribution in [0.4, 0.5) is 0 Å². The lowest BCUT2D eigenvalue weighted by Crippen LogP contribution is -2.48. The summed E-state index contributed by atoms with van der Waals surface area (Å²) in [6.45, 7) is 0.451. The minimum Gasteiger partial charge on any atom is -0.448 e. The van der Waals surface area contributed by atoms with Gasteiger partial charge in [0.05, 0.1) is 11.4 Å². The molecule has 3 rings (SSSR count). The Hall–Kier alpha value is -1.54. The van der Waals surface area contributed by atoms with Crippen LogP contribution in [0.25, 0.3) is 0 Å². The van der Waals surface area contributed by atoms with Crippen molar-refractivity contribution in [2.45, 2.75) is 36.7 Å². The molecular formula is C17H18Cl2N2O4S. The van der Waals surface area contributed by atoms with Crippen molar-refractivity contribution in [3.05, 3.63) is 52.4 Å². The fourth-order valence-corrected chi connectivity index (χ4v) is 4.77. The number of halogens is 2. The van der Waals surface area contributed by atoms with Crippen LogP contribution < -0.4 is 5.32 Å². The molecule has 0 unspecified atom stereocenters. The summed E-state index contributed by atoms with van der Waals surface area (Å²) in [5.74, 6) is 0.0577. The van der Waals surface area contributed by atoms with Gasteiger partial charge in [-0.25, -0.2) is 8.42 Å². The van der Waals surface area contributed by atoms with Crippen LogP contribution in [0.15, 0.2) is 45.7 Å². The smallest absolute Gasteiger partial charge is 0.244 e. The maximum atomic E-state index is 13.2. The van der Waals surface area contributed by atoms with Crippen LogP contribution in [-0.4, -0.2) is 31.2 Å². The first kappa shape index (κ1) is 19.2. The number of furan rings is 1. The van der Waals surface area contributed by atoms with Crippen molar-refractivity contribution in [2.75, 3.05) is 6.54 Å². The monoisotopic (exact) mass is 416 g/mol. The SMILES string of the molecule is O=C1NCCCC[C@H]1N(Cc1ccc(Cl)o1)S(=O)(=O)c1ccc(Cl)cc1. The topological polar surface area (TPSA) is 79.6 Å². The lowest BCUT2D eigenvalue weighted by atomic mass is 10.1. The van der Waals surface area contributed by atoms with Gasteiger partial charge in [-0.1, -0.05) is 11.6 Å². The highest BCUT2D eigenvalue weighted by molar-refractivity contribution is 7.89. The molecule has 1 fully saturated rings. The fraction of sp³-hybridized carbons (Fsp3) is 0.353. The predicted octanol–water partition coefficient (Wildman–Crippen LogP) is 3.45. The van der Waals surface area contributed by atoms with Gasteiger partial charge in [0.2, 0.25) is 15.9 Å². The number of nitrogens with one attached hydrogen (secondary N) is 1. The number of hydrogen-bond acceptors (Lipinski definition) is 4. The van der Waals surface area contributed by atoms with E-state index in [0.717, 1.165) is 12.8 Å². The van der Waals surface area contributed by atoms with Gasteiger partial charge in [0, 0.05) is 11.6 Å². The van der Waals surface area contributed by atoms with Crippen LogP contribution in [0.2, 0.25) is 10.2 Å². The van der Waals surface area contributed by atoms with Crippen LogP contribution in [0.1, 0.15) is 25.0 Å². The second-order valence-electron chi connectivity index (χ2n) is 6.01. The summed E-state index contributed by atoms with van der Waals surface area (Å²) in [5, 5.41) is 3.37. The summed E-state index contributed by atoms with van der Waals surface area (Å²) < 4.78 is 33.0. The van der Waals surface area contributed by atoms with E-state index in [9.17, 15) is 13.2 Å². The molecule has 1 aromatic carbocycles. The first-order chi connectivity index (χ1) is 12.4. The zero-order valence-electron chi connectivity index (χ0n) is 13.8. The van der Waals surface area contributed by atoms with Crippen LogP contribution in [0.3, 0.4) is 0 Å². The number of benzene rings is 1. The minimum absolute atomic E-state index is 0.0663. The Bertz CT molecular complexity index is 880. The molecule has 1 aliphatic rings. The average Bonchev–Trinajstić information content (AvgIpc) is 2.89. The number of sulfonamides is 1. The van der Waals surface area contributed by atoms with Crippen molar-refractivity contribution in [3.63, 3.8) is 0 Å². The van der Waals surface area contributed by atoms with Gasteiger partial charge in [0.1, 0.15) is 11.8 Å². The molecule has 1 N–H and O–H groups in total. The molecule has 1 aliphatic heterocycles. The van der Waals surface area contributed by atoms with E-state index in [1.54, 1.807) is 6.07 Å². The van der Waals surface area contributed by atoms with E-state index in [-0.39, 0.29) is 22.6 Å². The van der Waals surface area contributed by atoms with Gasteiger partial charge in [0.15, 0.2) is 5.22 Å². The van der Waals surface area contributed by atoms with Gasteiger partial charge in [-0.3, -0.25) is 4.79 Å². The Morgan fingerprint density at radius 2 is 1.85 bits per heavy atom. The molecule has 0 radical (unpaired) electrons. The number of rotatable bonds is 5. The van der Waals surface area contributed by atoms with E-state index < -0.39 is 16.1 Å². The molecule has 1 aromatic heterocycles. The second kappa shape index (κ2) is 8.00. The van der Waals surface area contributed by atoms with Gasteiger partial charge < -0.3 is 9.73 Å². The molecule has 1 atom stereocenters. The molecule has 9 heteroatoms. The zero-order valence-corrected chi connectivity index (χ0v) is 16.1. The van der Waals surface area contributed by atoms with E-state index in [4.69, 9.17) is 27.6 Å². The average molecular weight is 417 g/mol. The molecule has 2 heterocycles. The lowest BCUT2D eigenvalue weighted by Gasteiger charge is -2.28. The molecule has 0 saturated carbocycles. The van der Waals surface area contributed by atoms with Gasteiger partial charge >= 0.3 is 0 Å². The maximum absolute atomic E-state index is 13.2. The molecule has 26 heavy (non-hydrogen) atoms. The Kier molecular flexibility index (Phi) is 5.92. The highest BCUT2D eigenvalue weighted by Gasteiger charge is 2.37. The highest BCUT2D eigenvalue weighted by Crippen LogP contribution is 2.27. The first-order valence-corrected chi connectivity index (χ1v) is 10.4. The number of nitrogens with zero attached hydrogens (tertiary/aromatic N) is 1. The molecule has 0 spiro atoms. The molecule has 6 nitrogen and oxygen atoms in total. The number of amides is 1. The van der Waals surface area contributed by atoms with Crippen molar-refractivity contribution in [2.24, 2.45) is 0 Å². The maximum Gasteiger partial charge on any atom is 0.244 e. The molecule has 0 bridgehead atoms. The van der Waals surface area contributed by atoms with Gasteiger partial charge in [-0.15, -0.1) is 0 Å². The molecule has 1 amide bonds. The third-order valence-corrected chi connectivity index (χ3v) is 6.54. The Morgan fingerprint density at radius 1 is 1.12 bits per heavy atom. The predicted molar refractivity (Wildman–Crippen MR) is 98.5 cm³/mol. The fourth-order valence-electron chi connectivity index (χ4n) is 2.89. The van der Waals surface area contributed by atoms with Gasteiger partial charge in [-0.2, -0.15) is 4.31 Å². The summed E-state index contributed by atoms with van der Waals surface area (Å²) >= 11 is 11.7. The summed E-state index contributed by atoms with van der Waals surface area (Å²) in [7, 11) is -3.94. The number of hydrogen-bond donors (Lipinski definition) is 1. The molecule has 2 aromatic rings. The normalized spacial score (nSPS) is 18.6.